The summed E-state index contributed by atoms with van der Waals surface area (Å²) in [5.41, 5.74) is 5.56. The van der Waals surface area contributed by atoms with Crippen LogP contribution in [0, 0.1) is 19.7 Å². The molecule has 1 fully saturated rings. The van der Waals surface area contributed by atoms with E-state index in [9.17, 15) is 9.18 Å². The van der Waals surface area contributed by atoms with Gasteiger partial charge in [0.2, 0.25) is 5.91 Å². The monoisotopic (exact) mass is 461 g/mol. The molecular weight excluding hydrogens is 433 g/mol. The number of piperazine rings is 1. The third-order valence-corrected chi connectivity index (χ3v) is 6.48. The van der Waals surface area contributed by atoms with E-state index in [1.54, 1.807) is 23.0 Å². The van der Waals surface area contributed by atoms with Crippen molar-refractivity contribution in [2.24, 2.45) is 7.05 Å². The van der Waals surface area contributed by atoms with Gasteiger partial charge in [0, 0.05) is 63.1 Å². The number of carbonyl (C=O) groups is 1. The first-order valence-electron chi connectivity index (χ1n) is 11.5. The highest BCUT2D eigenvalue weighted by Gasteiger charge is 2.24. The van der Waals surface area contributed by atoms with Gasteiger partial charge in [-0.25, -0.2) is 14.1 Å². The van der Waals surface area contributed by atoms with Gasteiger partial charge in [-0.15, -0.1) is 0 Å². The Morgan fingerprint density at radius 3 is 2.41 bits per heavy atom. The minimum atomic E-state index is -0.275. The molecule has 5 rings (SSSR count). The Morgan fingerprint density at radius 1 is 1.00 bits per heavy atom. The maximum Gasteiger partial charge on any atom is 0.244 e. The summed E-state index contributed by atoms with van der Waals surface area (Å²) < 4.78 is 16.9. The lowest BCUT2D eigenvalue weighted by atomic mass is 10.0. The Kier molecular flexibility index (Phi) is 5.87. The molecule has 3 aromatic heterocycles. The maximum absolute atomic E-state index is 13.4. The van der Waals surface area contributed by atoms with Gasteiger partial charge in [0.05, 0.1) is 11.4 Å². The molecule has 8 nitrogen and oxygen atoms in total. The smallest absolute Gasteiger partial charge is 0.244 e. The van der Waals surface area contributed by atoms with E-state index >= 15 is 0 Å². The number of pyridine rings is 1. The molecular formula is C25H28FN7O. The van der Waals surface area contributed by atoms with E-state index in [0.29, 0.717) is 18.7 Å². The van der Waals surface area contributed by atoms with Crippen LogP contribution in [0.1, 0.15) is 17.0 Å². The fourth-order valence-corrected chi connectivity index (χ4v) is 4.69. The van der Waals surface area contributed by atoms with Crippen LogP contribution >= 0.6 is 0 Å². The molecule has 1 aliphatic rings. The quantitative estimate of drug-likeness (QED) is 0.457. The molecule has 1 aromatic carbocycles. The predicted octanol–water partition coefficient (Wildman–Crippen LogP) is 2.93. The molecule has 0 spiro atoms. The summed E-state index contributed by atoms with van der Waals surface area (Å²) in [7, 11) is 1.94. The van der Waals surface area contributed by atoms with E-state index in [1.165, 1.54) is 17.7 Å². The minimum Gasteiger partial charge on any atom is -0.339 e. The van der Waals surface area contributed by atoms with Crippen LogP contribution in [0.4, 0.5) is 4.39 Å². The number of hydrogen-bond acceptors (Lipinski definition) is 5. The molecule has 1 amide bonds. The number of carbonyl (C=O) groups excluding carboxylic acids is 1. The lowest BCUT2D eigenvalue weighted by molar-refractivity contribution is -0.133. The first-order chi connectivity index (χ1) is 16.4. The third kappa shape index (κ3) is 4.31. The first kappa shape index (κ1) is 22.2. The Morgan fingerprint density at radius 2 is 1.74 bits per heavy atom. The van der Waals surface area contributed by atoms with E-state index in [-0.39, 0.29) is 18.3 Å². The van der Waals surface area contributed by atoms with Crippen molar-refractivity contribution in [3.05, 3.63) is 65.5 Å². The van der Waals surface area contributed by atoms with E-state index in [1.807, 2.05) is 36.5 Å². The number of hydrogen-bond donors (Lipinski definition) is 0. The van der Waals surface area contributed by atoms with Crippen molar-refractivity contribution in [2.45, 2.75) is 26.9 Å². The molecule has 0 saturated carbocycles. The summed E-state index contributed by atoms with van der Waals surface area (Å²) in [6.07, 6.45) is 3.77. The second-order valence-electron chi connectivity index (χ2n) is 8.88. The lowest BCUT2D eigenvalue weighted by Crippen LogP contribution is -2.49. The fourth-order valence-electron chi connectivity index (χ4n) is 4.69. The van der Waals surface area contributed by atoms with Crippen LogP contribution in [0.5, 0.6) is 0 Å². The molecule has 34 heavy (non-hydrogen) atoms. The van der Waals surface area contributed by atoms with Crippen molar-refractivity contribution in [1.82, 2.24) is 34.3 Å². The van der Waals surface area contributed by atoms with Crippen LogP contribution in [0.3, 0.4) is 0 Å². The topological polar surface area (TPSA) is 72.1 Å². The van der Waals surface area contributed by atoms with Crippen molar-refractivity contribution in [2.75, 3.05) is 26.2 Å². The van der Waals surface area contributed by atoms with Crippen LogP contribution in [0.25, 0.3) is 22.2 Å². The molecule has 0 unspecified atom stereocenters. The highest BCUT2D eigenvalue weighted by Crippen LogP contribution is 2.30. The zero-order valence-electron chi connectivity index (χ0n) is 19.7. The van der Waals surface area contributed by atoms with Crippen molar-refractivity contribution >= 4 is 16.9 Å². The molecule has 0 bridgehead atoms. The number of benzene rings is 1. The van der Waals surface area contributed by atoms with Crippen LogP contribution in [0.15, 0.2) is 42.7 Å². The van der Waals surface area contributed by atoms with Crippen LogP contribution in [0.2, 0.25) is 0 Å². The lowest BCUT2D eigenvalue weighted by Gasteiger charge is -2.34. The summed E-state index contributed by atoms with van der Waals surface area (Å²) in [6.45, 7) is 7.96. The number of amides is 1. The summed E-state index contributed by atoms with van der Waals surface area (Å²) in [6, 6.07) is 8.29. The zero-order chi connectivity index (χ0) is 23.8. The average Bonchev–Trinajstić information content (AvgIpc) is 3.32. The van der Waals surface area contributed by atoms with Crippen molar-refractivity contribution in [3.8, 4) is 11.1 Å². The van der Waals surface area contributed by atoms with E-state index in [4.69, 9.17) is 0 Å². The molecule has 4 heterocycles. The normalized spacial score (nSPS) is 14.8. The molecule has 0 N–H and O–H groups in total. The first-order valence-corrected chi connectivity index (χ1v) is 11.5. The second kappa shape index (κ2) is 8.98. The van der Waals surface area contributed by atoms with Crippen molar-refractivity contribution < 1.29 is 9.18 Å². The van der Waals surface area contributed by atoms with E-state index < -0.39 is 0 Å². The second-order valence-corrected chi connectivity index (χ2v) is 8.88. The average molecular weight is 462 g/mol. The molecule has 1 saturated heterocycles. The Bertz CT molecular complexity index is 1330. The van der Waals surface area contributed by atoms with Crippen molar-refractivity contribution in [3.63, 3.8) is 0 Å². The summed E-state index contributed by atoms with van der Waals surface area (Å²) in [5.74, 6) is -0.238. The number of aromatic nitrogens is 5. The fraction of sp³-hybridized carbons (Fsp3) is 0.360. The van der Waals surface area contributed by atoms with Crippen LogP contribution in [-0.2, 0) is 24.9 Å². The standard InChI is InChI=1S/C25H28FN7O/c1-17-20(14-30(3)28-17)15-31-10-12-32(13-11-31)23(34)16-33-25-24(18(2)29-33)22(8-9-27-25)19-4-6-21(26)7-5-19/h4-9,14H,10-13,15-16H2,1-3H3. The van der Waals surface area contributed by atoms with Gasteiger partial charge in [0.1, 0.15) is 12.4 Å². The number of nitrogens with zero attached hydrogens (tertiary/aromatic N) is 7. The summed E-state index contributed by atoms with van der Waals surface area (Å²) >= 11 is 0. The molecule has 0 atom stereocenters. The number of rotatable bonds is 5. The number of halogens is 1. The van der Waals surface area contributed by atoms with Gasteiger partial charge in [0.25, 0.3) is 0 Å². The largest absolute Gasteiger partial charge is 0.339 e. The van der Waals surface area contributed by atoms with Gasteiger partial charge >= 0.3 is 0 Å². The zero-order valence-corrected chi connectivity index (χ0v) is 19.7. The number of fused-ring (bicyclic) bond motifs is 1. The minimum absolute atomic E-state index is 0.0376. The van der Waals surface area contributed by atoms with Gasteiger partial charge in [-0.3, -0.25) is 14.4 Å². The SMILES string of the molecule is Cc1nn(C)cc1CN1CCN(C(=O)Cn2nc(C)c3c(-c4ccc(F)cc4)ccnc32)CC1. The van der Waals surface area contributed by atoms with Crippen LogP contribution in [-0.4, -0.2) is 66.4 Å². The van der Waals surface area contributed by atoms with E-state index in [2.05, 4.69) is 26.3 Å². The molecule has 1 aliphatic heterocycles. The molecule has 0 radical (unpaired) electrons. The third-order valence-electron chi connectivity index (χ3n) is 6.48. The summed E-state index contributed by atoms with van der Waals surface area (Å²) in [4.78, 5) is 21.9. The van der Waals surface area contributed by atoms with Gasteiger partial charge in [0.15, 0.2) is 5.65 Å². The molecule has 4 aromatic rings. The Balaban J connectivity index is 1.28. The predicted molar refractivity (Wildman–Crippen MR) is 127 cm³/mol. The Hall–Kier alpha value is -3.59. The highest BCUT2D eigenvalue weighted by atomic mass is 19.1. The molecule has 0 aliphatic carbocycles. The Labute approximate surface area is 197 Å². The molecule has 176 valence electrons. The number of aryl methyl sites for hydroxylation is 3. The summed E-state index contributed by atoms with van der Waals surface area (Å²) in [5, 5.41) is 9.93. The maximum atomic E-state index is 13.4. The van der Waals surface area contributed by atoms with Gasteiger partial charge in [-0.1, -0.05) is 12.1 Å². The van der Waals surface area contributed by atoms with Gasteiger partial charge in [-0.2, -0.15) is 10.2 Å². The molecule has 9 heteroatoms. The highest BCUT2D eigenvalue weighted by molar-refractivity contribution is 5.95. The van der Waals surface area contributed by atoms with Crippen molar-refractivity contribution in [1.29, 1.82) is 0 Å². The van der Waals surface area contributed by atoms with E-state index in [0.717, 1.165) is 47.5 Å². The van der Waals surface area contributed by atoms with Crippen LogP contribution < -0.4 is 0 Å². The van der Waals surface area contributed by atoms with Gasteiger partial charge < -0.3 is 4.90 Å². The van der Waals surface area contributed by atoms with Gasteiger partial charge in [-0.05, 0) is 43.2 Å².